The van der Waals surface area contributed by atoms with Crippen molar-refractivity contribution < 1.29 is 22.7 Å². The summed E-state index contributed by atoms with van der Waals surface area (Å²) in [6, 6.07) is 0.869. The Labute approximate surface area is 127 Å². The van der Waals surface area contributed by atoms with Crippen molar-refractivity contribution in [1.82, 2.24) is 5.32 Å². The van der Waals surface area contributed by atoms with E-state index in [1.807, 2.05) is 0 Å². The summed E-state index contributed by atoms with van der Waals surface area (Å²) in [6.45, 7) is 5.34. The maximum absolute atomic E-state index is 13.4. The van der Waals surface area contributed by atoms with Gasteiger partial charge >= 0.3 is 6.09 Å². The van der Waals surface area contributed by atoms with Gasteiger partial charge in [-0.1, -0.05) is 0 Å². The zero-order valence-electron chi connectivity index (χ0n) is 12.9. The molecule has 1 atom stereocenters. The highest BCUT2D eigenvalue weighted by Gasteiger charge is 2.17. The van der Waals surface area contributed by atoms with Crippen LogP contribution in [0.5, 0.6) is 0 Å². The van der Waals surface area contributed by atoms with Crippen LogP contribution in [0.3, 0.4) is 0 Å². The molecular weight excluding hydrogens is 297 g/mol. The third kappa shape index (κ3) is 6.34. The average Bonchev–Trinajstić information content (AvgIpc) is 2.37. The maximum Gasteiger partial charge on any atom is 0.407 e. The molecule has 0 aliphatic rings. The number of hydrogen-bond donors (Lipinski definition) is 2. The van der Waals surface area contributed by atoms with Gasteiger partial charge in [0.1, 0.15) is 11.4 Å². The lowest BCUT2D eigenvalue weighted by atomic mass is 10.0. The summed E-state index contributed by atoms with van der Waals surface area (Å²) >= 11 is 0. The molecule has 0 bridgehead atoms. The van der Waals surface area contributed by atoms with Crippen molar-refractivity contribution in [2.45, 2.75) is 45.3 Å². The molecule has 4 nitrogen and oxygen atoms in total. The van der Waals surface area contributed by atoms with Crippen LogP contribution in [-0.2, 0) is 11.2 Å². The van der Waals surface area contributed by atoms with E-state index >= 15 is 0 Å². The summed E-state index contributed by atoms with van der Waals surface area (Å²) < 4.78 is 44.3. The number of aryl methyl sites for hydroxylation is 1. The topological polar surface area (TPSA) is 64.3 Å². The molecule has 1 unspecified atom stereocenters. The number of alkyl carbamates (subject to hydrolysis) is 1. The molecule has 0 saturated carbocycles. The van der Waals surface area contributed by atoms with E-state index in [9.17, 15) is 18.0 Å². The fourth-order valence-corrected chi connectivity index (χ4v) is 1.73. The third-order valence-corrected chi connectivity index (χ3v) is 2.78. The summed E-state index contributed by atoms with van der Waals surface area (Å²) in [5.41, 5.74) is 5.23. The monoisotopic (exact) mass is 318 g/mol. The van der Waals surface area contributed by atoms with Crippen LogP contribution in [0.15, 0.2) is 12.1 Å². The van der Waals surface area contributed by atoms with Gasteiger partial charge in [0.2, 0.25) is 0 Å². The Bertz CT molecular complexity index is 530. The standard InChI is InChI=1S/C15H21F3N2O2/c1-15(2,3)22-14(21)20-8-10(19)5-4-9-6-12(17)13(18)7-11(9)16/h6-7,10H,4-5,8,19H2,1-3H3,(H,20,21). The first-order valence-electron chi connectivity index (χ1n) is 6.94. The average molecular weight is 318 g/mol. The number of amides is 1. The highest BCUT2D eigenvalue weighted by molar-refractivity contribution is 5.67. The van der Waals surface area contributed by atoms with Crippen molar-refractivity contribution in [3.05, 3.63) is 35.1 Å². The van der Waals surface area contributed by atoms with E-state index in [0.29, 0.717) is 12.5 Å². The minimum absolute atomic E-state index is 0.0478. The highest BCUT2D eigenvalue weighted by atomic mass is 19.2. The molecule has 7 heteroatoms. The van der Waals surface area contributed by atoms with Crippen molar-refractivity contribution in [3.8, 4) is 0 Å². The molecule has 1 rings (SSSR count). The Morgan fingerprint density at radius 2 is 1.82 bits per heavy atom. The number of nitrogens with two attached hydrogens (primary N) is 1. The predicted octanol–water partition coefficient (Wildman–Crippen LogP) is 2.89. The number of hydrogen-bond acceptors (Lipinski definition) is 3. The van der Waals surface area contributed by atoms with E-state index in [4.69, 9.17) is 10.5 Å². The lowest BCUT2D eigenvalue weighted by Crippen LogP contribution is -2.40. The van der Waals surface area contributed by atoms with E-state index in [1.165, 1.54) is 0 Å². The molecule has 0 aromatic heterocycles. The van der Waals surface area contributed by atoms with Crippen molar-refractivity contribution in [1.29, 1.82) is 0 Å². The van der Waals surface area contributed by atoms with Gasteiger partial charge < -0.3 is 15.8 Å². The summed E-state index contributed by atoms with van der Waals surface area (Å²) in [7, 11) is 0. The van der Waals surface area contributed by atoms with Crippen LogP contribution in [0, 0.1) is 17.5 Å². The molecule has 0 saturated heterocycles. The minimum atomic E-state index is -1.22. The second kappa shape index (κ2) is 7.49. The van der Waals surface area contributed by atoms with Gasteiger partial charge in [-0.05, 0) is 45.2 Å². The zero-order chi connectivity index (χ0) is 16.9. The molecule has 0 radical (unpaired) electrons. The van der Waals surface area contributed by atoms with Gasteiger partial charge in [0.05, 0.1) is 0 Å². The summed E-state index contributed by atoms with van der Waals surface area (Å²) in [6.07, 6.45) is -0.153. The number of benzene rings is 1. The Kier molecular flexibility index (Phi) is 6.22. The minimum Gasteiger partial charge on any atom is -0.444 e. The van der Waals surface area contributed by atoms with Gasteiger partial charge in [-0.25, -0.2) is 18.0 Å². The Balaban J connectivity index is 2.42. The van der Waals surface area contributed by atoms with Gasteiger partial charge in [-0.3, -0.25) is 0 Å². The smallest absolute Gasteiger partial charge is 0.407 e. The van der Waals surface area contributed by atoms with Gasteiger partial charge in [0.15, 0.2) is 11.6 Å². The first kappa shape index (κ1) is 18.3. The SMILES string of the molecule is CC(C)(C)OC(=O)NCC(N)CCc1cc(F)c(F)cc1F. The van der Waals surface area contributed by atoms with Gasteiger partial charge in [0.25, 0.3) is 0 Å². The Morgan fingerprint density at radius 3 is 2.41 bits per heavy atom. The zero-order valence-corrected chi connectivity index (χ0v) is 12.9. The number of rotatable bonds is 5. The van der Waals surface area contributed by atoms with Crippen molar-refractivity contribution in [2.24, 2.45) is 5.73 Å². The Morgan fingerprint density at radius 1 is 1.23 bits per heavy atom. The second-order valence-corrected chi connectivity index (χ2v) is 6.04. The second-order valence-electron chi connectivity index (χ2n) is 6.04. The van der Waals surface area contributed by atoms with Crippen molar-refractivity contribution >= 4 is 6.09 Å². The van der Waals surface area contributed by atoms with Crippen molar-refractivity contribution in [2.75, 3.05) is 6.54 Å². The molecule has 1 aromatic carbocycles. The van der Waals surface area contributed by atoms with E-state index < -0.39 is 35.2 Å². The number of halogens is 3. The van der Waals surface area contributed by atoms with Crippen LogP contribution in [0.2, 0.25) is 0 Å². The quantitative estimate of drug-likeness (QED) is 0.821. The van der Waals surface area contributed by atoms with Crippen LogP contribution in [0.1, 0.15) is 32.8 Å². The molecule has 0 aliphatic carbocycles. The van der Waals surface area contributed by atoms with Crippen molar-refractivity contribution in [3.63, 3.8) is 0 Å². The van der Waals surface area contributed by atoms with E-state index in [2.05, 4.69) is 5.32 Å². The molecule has 124 valence electrons. The van der Waals surface area contributed by atoms with E-state index in [0.717, 1.165) is 6.07 Å². The number of ether oxygens (including phenoxy) is 1. The molecule has 1 aromatic rings. The Hall–Kier alpha value is -1.76. The van der Waals surface area contributed by atoms with Crippen LogP contribution >= 0.6 is 0 Å². The number of nitrogens with one attached hydrogen (secondary N) is 1. The van der Waals surface area contributed by atoms with E-state index in [1.54, 1.807) is 20.8 Å². The summed E-state index contributed by atoms with van der Waals surface area (Å²) in [5, 5.41) is 2.50. The third-order valence-electron chi connectivity index (χ3n) is 2.78. The van der Waals surface area contributed by atoms with E-state index in [-0.39, 0.29) is 18.5 Å². The van der Waals surface area contributed by atoms with Crippen LogP contribution in [-0.4, -0.2) is 24.3 Å². The first-order chi connectivity index (χ1) is 10.1. The molecule has 3 N–H and O–H groups in total. The first-order valence-corrected chi connectivity index (χ1v) is 6.94. The molecule has 0 heterocycles. The summed E-state index contributed by atoms with van der Waals surface area (Å²) in [5.74, 6) is -3.14. The molecule has 0 aliphatic heterocycles. The molecule has 0 fully saturated rings. The highest BCUT2D eigenvalue weighted by Crippen LogP contribution is 2.15. The van der Waals surface area contributed by atoms with Crippen LogP contribution < -0.4 is 11.1 Å². The molecular formula is C15H21F3N2O2. The van der Waals surface area contributed by atoms with Gasteiger partial charge in [0, 0.05) is 18.7 Å². The van der Waals surface area contributed by atoms with Gasteiger partial charge in [-0.15, -0.1) is 0 Å². The number of carbonyl (C=O) groups is 1. The normalized spacial score (nSPS) is 12.9. The lowest BCUT2D eigenvalue weighted by Gasteiger charge is -2.20. The van der Waals surface area contributed by atoms with Gasteiger partial charge in [-0.2, -0.15) is 0 Å². The lowest BCUT2D eigenvalue weighted by molar-refractivity contribution is 0.0524. The molecule has 22 heavy (non-hydrogen) atoms. The fraction of sp³-hybridized carbons (Fsp3) is 0.533. The predicted molar refractivity (Wildman–Crippen MR) is 76.8 cm³/mol. The van der Waals surface area contributed by atoms with Crippen LogP contribution in [0.25, 0.3) is 0 Å². The molecule has 0 spiro atoms. The molecule has 1 amide bonds. The fourth-order valence-electron chi connectivity index (χ4n) is 1.73. The number of carbonyl (C=O) groups excluding carboxylic acids is 1. The largest absolute Gasteiger partial charge is 0.444 e. The maximum atomic E-state index is 13.4. The van der Waals surface area contributed by atoms with Crippen LogP contribution in [0.4, 0.5) is 18.0 Å². The summed E-state index contributed by atoms with van der Waals surface area (Å²) in [4.78, 5) is 11.4.